The van der Waals surface area contributed by atoms with Gasteiger partial charge in [0.15, 0.2) is 5.43 Å². The minimum Gasteiger partial charge on any atom is -0.457 e. The predicted octanol–water partition coefficient (Wildman–Crippen LogP) is 6.35. The normalized spacial score (nSPS) is 14.8. The first-order valence-corrected chi connectivity index (χ1v) is 11.7. The number of para-hydroxylation sites is 1. The Bertz CT molecular complexity index is 1670. The van der Waals surface area contributed by atoms with Crippen LogP contribution in [0.3, 0.4) is 0 Å². The Balaban J connectivity index is 1.55. The van der Waals surface area contributed by atoms with E-state index in [2.05, 4.69) is 4.98 Å². The first-order valence-electron chi connectivity index (χ1n) is 11.7. The molecule has 1 aliphatic heterocycles. The maximum Gasteiger partial charge on any atom is 0.296 e. The highest BCUT2D eigenvalue weighted by atomic mass is 16.5. The largest absolute Gasteiger partial charge is 0.457 e. The summed E-state index contributed by atoms with van der Waals surface area (Å²) in [4.78, 5) is 33.6. The number of carbonyl (C=O) groups is 1. The molecule has 0 saturated heterocycles. The molecule has 0 aliphatic carbocycles. The summed E-state index contributed by atoms with van der Waals surface area (Å²) in [5.41, 5.74) is 3.09. The molecule has 5 aromatic rings. The van der Waals surface area contributed by atoms with Gasteiger partial charge in [-0.2, -0.15) is 0 Å². The van der Waals surface area contributed by atoms with E-state index >= 15 is 0 Å². The zero-order valence-corrected chi connectivity index (χ0v) is 19.8. The Morgan fingerprint density at radius 2 is 1.61 bits per heavy atom. The van der Waals surface area contributed by atoms with Crippen molar-refractivity contribution in [2.45, 2.75) is 19.9 Å². The van der Waals surface area contributed by atoms with E-state index in [1.54, 1.807) is 24.4 Å². The Morgan fingerprint density at radius 3 is 2.39 bits per heavy atom. The van der Waals surface area contributed by atoms with Gasteiger partial charge in [0.1, 0.15) is 22.9 Å². The molecule has 6 nitrogen and oxygen atoms in total. The fourth-order valence-electron chi connectivity index (χ4n) is 4.61. The molecule has 0 fully saturated rings. The lowest BCUT2D eigenvalue weighted by Crippen LogP contribution is -2.30. The molecule has 1 unspecified atom stereocenters. The number of aryl methyl sites for hydroxylation is 2. The zero-order valence-electron chi connectivity index (χ0n) is 19.8. The van der Waals surface area contributed by atoms with E-state index in [0.29, 0.717) is 33.8 Å². The van der Waals surface area contributed by atoms with Crippen molar-refractivity contribution in [1.82, 2.24) is 4.98 Å². The average molecular weight is 475 g/mol. The SMILES string of the molecule is Cc1ccc(N2C(=O)c3oc4ccc(C)cc4c(=O)c3C2c2cccc(Oc3ccccc3)c2)nc1. The topological polar surface area (TPSA) is 72.6 Å². The number of ether oxygens (including phenoxy) is 1. The van der Waals surface area contributed by atoms with Crippen molar-refractivity contribution in [2.75, 3.05) is 4.90 Å². The van der Waals surface area contributed by atoms with Crippen LogP contribution in [0.15, 0.2) is 100 Å². The Kier molecular flexibility index (Phi) is 5.15. The molecular formula is C30H22N2O4. The van der Waals surface area contributed by atoms with E-state index in [1.165, 1.54) is 4.90 Å². The number of amides is 1. The summed E-state index contributed by atoms with van der Waals surface area (Å²) in [6, 6.07) is 25.2. The Morgan fingerprint density at radius 1 is 0.833 bits per heavy atom. The smallest absolute Gasteiger partial charge is 0.296 e. The van der Waals surface area contributed by atoms with Crippen molar-refractivity contribution in [3.05, 3.63) is 129 Å². The van der Waals surface area contributed by atoms with Crippen molar-refractivity contribution < 1.29 is 13.9 Å². The van der Waals surface area contributed by atoms with Crippen LogP contribution in [-0.2, 0) is 0 Å². The van der Waals surface area contributed by atoms with Gasteiger partial charge in [-0.15, -0.1) is 0 Å². The minimum absolute atomic E-state index is 0.0399. The van der Waals surface area contributed by atoms with Crippen molar-refractivity contribution in [3.8, 4) is 11.5 Å². The number of nitrogens with zero attached hydrogens (tertiary/aromatic N) is 2. The number of rotatable bonds is 4. The molecule has 1 aliphatic rings. The van der Waals surface area contributed by atoms with Gasteiger partial charge in [-0.1, -0.05) is 48.0 Å². The summed E-state index contributed by atoms with van der Waals surface area (Å²) in [5, 5.41) is 0.446. The van der Waals surface area contributed by atoms with Gasteiger partial charge in [0, 0.05) is 6.20 Å². The maximum atomic E-state index is 13.8. The van der Waals surface area contributed by atoms with Crippen LogP contribution in [-0.4, -0.2) is 10.9 Å². The average Bonchev–Trinajstić information content (AvgIpc) is 3.18. The van der Waals surface area contributed by atoms with Crippen molar-refractivity contribution in [1.29, 1.82) is 0 Å². The third-order valence-corrected chi connectivity index (χ3v) is 6.32. The minimum atomic E-state index is -0.719. The standard InChI is InChI=1S/C30H22N2O4/c1-18-11-13-24-23(15-18)28(33)26-27(20-7-6-10-22(16-20)35-21-8-4-3-5-9-21)32(30(34)29(26)36-24)25-14-12-19(2)17-31-25/h3-17,27H,1-2H3. The van der Waals surface area contributed by atoms with E-state index in [4.69, 9.17) is 9.15 Å². The number of anilines is 1. The number of aromatic nitrogens is 1. The summed E-state index contributed by atoms with van der Waals surface area (Å²) in [6.07, 6.45) is 1.70. The fourth-order valence-corrected chi connectivity index (χ4v) is 4.61. The lowest BCUT2D eigenvalue weighted by atomic mass is 9.98. The molecule has 3 aromatic carbocycles. The third kappa shape index (κ3) is 3.64. The van der Waals surface area contributed by atoms with Gasteiger partial charge in [-0.05, 0) is 67.4 Å². The first-order chi connectivity index (χ1) is 17.5. The number of pyridine rings is 1. The summed E-state index contributed by atoms with van der Waals surface area (Å²) >= 11 is 0. The summed E-state index contributed by atoms with van der Waals surface area (Å²) in [7, 11) is 0. The summed E-state index contributed by atoms with van der Waals surface area (Å²) < 4.78 is 12.1. The van der Waals surface area contributed by atoms with Crippen LogP contribution in [0.2, 0.25) is 0 Å². The van der Waals surface area contributed by atoms with E-state index in [0.717, 1.165) is 16.7 Å². The molecule has 0 bridgehead atoms. The van der Waals surface area contributed by atoms with E-state index in [1.807, 2.05) is 80.6 Å². The van der Waals surface area contributed by atoms with Crippen molar-refractivity contribution in [3.63, 3.8) is 0 Å². The molecule has 0 N–H and O–H groups in total. The molecule has 36 heavy (non-hydrogen) atoms. The van der Waals surface area contributed by atoms with Gasteiger partial charge in [-0.3, -0.25) is 14.5 Å². The van der Waals surface area contributed by atoms with Crippen LogP contribution in [0.25, 0.3) is 11.0 Å². The molecular weight excluding hydrogens is 452 g/mol. The lowest BCUT2D eigenvalue weighted by Gasteiger charge is -2.24. The highest BCUT2D eigenvalue weighted by molar-refractivity contribution is 6.10. The Labute approximate surface area is 207 Å². The van der Waals surface area contributed by atoms with Crippen LogP contribution >= 0.6 is 0 Å². The van der Waals surface area contributed by atoms with Crippen LogP contribution in [0, 0.1) is 13.8 Å². The quantitative estimate of drug-likeness (QED) is 0.304. The molecule has 6 heteroatoms. The number of hydrogen-bond acceptors (Lipinski definition) is 5. The van der Waals surface area contributed by atoms with Gasteiger partial charge in [0.25, 0.3) is 5.91 Å². The Hall–Kier alpha value is -4.71. The molecule has 0 radical (unpaired) electrons. The van der Waals surface area contributed by atoms with E-state index in [-0.39, 0.29) is 11.2 Å². The second-order valence-corrected chi connectivity index (χ2v) is 8.93. The van der Waals surface area contributed by atoms with Gasteiger partial charge in [0.05, 0.1) is 17.0 Å². The van der Waals surface area contributed by atoms with Gasteiger partial charge in [-0.25, -0.2) is 4.98 Å². The number of fused-ring (bicyclic) bond motifs is 2. The number of carbonyl (C=O) groups excluding carboxylic acids is 1. The van der Waals surface area contributed by atoms with E-state index in [9.17, 15) is 9.59 Å². The fraction of sp³-hybridized carbons (Fsp3) is 0.100. The second kappa shape index (κ2) is 8.50. The van der Waals surface area contributed by atoms with Crippen LogP contribution in [0.1, 0.15) is 38.9 Å². The van der Waals surface area contributed by atoms with Crippen LogP contribution < -0.4 is 15.1 Å². The van der Waals surface area contributed by atoms with Crippen molar-refractivity contribution >= 4 is 22.7 Å². The lowest BCUT2D eigenvalue weighted by molar-refractivity contribution is 0.0970. The van der Waals surface area contributed by atoms with Crippen LogP contribution in [0.4, 0.5) is 5.82 Å². The first kappa shape index (κ1) is 21.8. The van der Waals surface area contributed by atoms with Gasteiger partial charge in [0.2, 0.25) is 5.76 Å². The molecule has 6 rings (SSSR count). The summed E-state index contributed by atoms with van der Waals surface area (Å²) in [6.45, 7) is 3.85. The molecule has 1 amide bonds. The van der Waals surface area contributed by atoms with Gasteiger partial charge < -0.3 is 9.15 Å². The molecule has 0 saturated carbocycles. The number of benzene rings is 3. The highest BCUT2D eigenvalue weighted by Gasteiger charge is 2.44. The van der Waals surface area contributed by atoms with Gasteiger partial charge >= 0.3 is 0 Å². The van der Waals surface area contributed by atoms with Crippen LogP contribution in [0.5, 0.6) is 11.5 Å². The maximum absolute atomic E-state index is 13.8. The second-order valence-electron chi connectivity index (χ2n) is 8.93. The zero-order chi connectivity index (χ0) is 24.8. The summed E-state index contributed by atoms with van der Waals surface area (Å²) in [5.74, 6) is 1.36. The van der Waals surface area contributed by atoms with E-state index < -0.39 is 11.9 Å². The van der Waals surface area contributed by atoms with Crippen molar-refractivity contribution in [2.24, 2.45) is 0 Å². The molecule has 3 heterocycles. The predicted molar refractivity (Wildman–Crippen MR) is 138 cm³/mol. The monoisotopic (exact) mass is 474 g/mol. The molecule has 2 aromatic heterocycles. The molecule has 176 valence electrons. The molecule has 0 spiro atoms. The number of hydrogen-bond donors (Lipinski definition) is 0. The highest BCUT2D eigenvalue weighted by Crippen LogP contribution is 2.41. The molecule has 1 atom stereocenters. The third-order valence-electron chi connectivity index (χ3n) is 6.32.